The second-order valence-electron chi connectivity index (χ2n) is 6.76. The summed E-state index contributed by atoms with van der Waals surface area (Å²) in [5.74, 6) is -0.694. The largest absolute Gasteiger partial charge is 0.465 e. The quantitative estimate of drug-likeness (QED) is 0.528. The van der Waals surface area contributed by atoms with Crippen LogP contribution < -0.4 is 5.32 Å². The third-order valence-corrected chi connectivity index (χ3v) is 5.06. The van der Waals surface area contributed by atoms with E-state index in [1.165, 1.54) is 13.3 Å². The van der Waals surface area contributed by atoms with Gasteiger partial charge in [-0.15, -0.1) is 0 Å². The van der Waals surface area contributed by atoms with Crippen LogP contribution in [0.4, 0.5) is 0 Å². The highest BCUT2D eigenvalue weighted by molar-refractivity contribution is 6.31. The topological polar surface area (TPSA) is 68.3 Å². The van der Waals surface area contributed by atoms with E-state index in [2.05, 4.69) is 10.3 Å². The Morgan fingerprint density at radius 3 is 2.47 bits per heavy atom. The van der Waals surface area contributed by atoms with Crippen molar-refractivity contribution in [3.05, 3.63) is 98.8 Å². The van der Waals surface area contributed by atoms with Crippen LogP contribution in [0.25, 0.3) is 0 Å². The SMILES string of the molecule is COC(=O)c1ccc([C@H](C)NC(=O)c2cc(Cl)cnc2Cc2cccc(Cl)c2)cc1. The molecule has 1 amide bonds. The standard InChI is InChI=1S/C23H20Cl2N2O3/c1-14(16-6-8-17(9-7-16)23(29)30-2)27-22(28)20-12-19(25)13-26-21(20)11-15-4-3-5-18(24)10-15/h3-10,12-14H,11H2,1-2H3,(H,27,28)/t14-/m0/s1. The number of halogens is 2. The van der Waals surface area contributed by atoms with Gasteiger partial charge in [0.25, 0.3) is 5.91 Å². The number of pyridine rings is 1. The Morgan fingerprint density at radius 1 is 1.07 bits per heavy atom. The molecule has 154 valence electrons. The van der Waals surface area contributed by atoms with E-state index in [1.807, 2.05) is 25.1 Å². The summed E-state index contributed by atoms with van der Waals surface area (Å²) in [5.41, 5.74) is 3.25. The maximum absolute atomic E-state index is 13.0. The Morgan fingerprint density at radius 2 is 1.80 bits per heavy atom. The zero-order valence-electron chi connectivity index (χ0n) is 16.5. The molecular weight excluding hydrogens is 423 g/mol. The summed E-state index contributed by atoms with van der Waals surface area (Å²) >= 11 is 12.2. The van der Waals surface area contributed by atoms with Gasteiger partial charge in [-0.3, -0.25) is 9.78 Å². The number of methoxy groups -OCH3 is 1. The van der Waals surface area contributed by atoms with Gasteiger partial charge in [0, 0.05) is 17.6 Å². The number of nitrogens with zero attached hydrogens (tertiary/aromatic N) is 1. The van der Waals surface area contributed by atoms with Gasteiger partial charge in [0.2, 0.25) is 0 Å². The summed E-state index contributed by atoms with van der Waals surface area (Å²) in [5, 5.41) is 3.96. The lowest BCUT2D eigenvalue weighted by molar-refractivity contribution is 0.0600. The average molecular weight is 443 g/mol. The molecule has 0 spiro atoms. The van der Waals surface area contributed by atoms with Crippen LogP contribution in [0.3, 0.4) is 0 Å². The molecule has 2 aromatic carbocycles. The fraction of sp³-hybridized carbons (Fsp3) is 0.174. The summed E-state index contributed by atoms with van der Waals surface area (Å²) in [7, 11) is 1.33. The highest BCUT2D eigenvalue weighted by Gasteiger charge is 2.17. The van der Waals surface area contributed by atoms with E-state index in [9.17, 15) is 9.59 Å². The first kappa shape index (κ1) is 21.8. The molecule has 30 heavy (non-hydrogen) atoms. The van der Waals surface area contributed by atoms with E-state index >= 15 is 0 Å². The van der Waals surface area contributed by atoms with E-state index < -0.39 is 5.97 Å². The molecule has 0 aliphatic carbocycles. The first-order valence-corrected chi connectivity index (χ1v) is 10.0. The Kier molecular flexibility index (Phi) is 7.08. The molecule has 0 saturated heterocycles. The van der Waals surface area contributed by atoms with Crippen LogP contribution in [-0.2, 0) is 11.2 Å². The van der Waals surface area contributed by atoms with Crippen LogP contribution in [0.1, 0.15) is 50.5 Å². The van der Waals surface area contributed by atoms with Crippen molar-refractivity contribution in [2.45, 2.75) is 19.4 Å². The number of rotatable bonds is 6. The van der Waals surface area contributed by atoms with Crippen LogP contribution in [0, 0.1) is 0 Å². The predicted octanol–water partition coefficient (Wildman–Crippen LogP) is 5.26. The van der Waals surface area contributed by atoms with E-state index in [0.29, 0.717) is 33.3 Å². The molecule has 1 aromatic heterocycles. The lowest BCUT2D eigenvalue weighted by atomic mass is 10.0. The van der Waals surface area contributed by atoms with Crippen molar-refractivity contribution in [1.82, 2.24) is 10.3 Å². The summed E-state index contributed by atoms with van der Waals surface area (Å²) in [4.78, 5) is 28.9. The third-order valence-electron chi connectivity index (χ3n) is 4.62. The molecule has 1 N–H and O–H groups in total. The van der Waals surface area contributed by atoms with Gasteiger partial charge in [-0.2, -0.15) is 0 Å². The zero-order valence-corrected chi connectivity index (χ0v) is 18.0. The number of esters is 1. The van der Waals surface area contributed by atoms with Crippen molar-refractivity contribution in [2.75, 3.05) is 7.11 Å². The highest BCUT2D eigenvalue weighted by Crippen LogP contribution is 2.21. The lowest BCUT2D eigenvalue weighted by Gasteiger charge is -2.16. The third kappa shape index (κ3) is 5.38. The van der Waals surface area contributed by atoms with E-state index in [0.717, 1.165) is 11.1 Å². The molecule has 0 radical (unpaired) electrons. The van der Waals surface area contributed by atoms with Gasteiger partial charge in [0.15, 0.2) is 0 Å². The molecule has 7 heteroatoms. The lowest BCUT2D eigenvalue weighted by Crippen LogP contribution is -2.28. The number of amides is 1. The molecule has 3 rings (SSSR count). The van der Waals surface area contributed by atoms with Crippen LogP contribution in [0.5, 0.6) is 0 Å². The minimum atomic E-state index is -0.408. The van der Waals surface area contributed by atoms with Crippen molar-refractivity contribution in [3.63, 3.8) is 0 Å². The first-order chi connectivity index (χ1) is 14.4. The van der Waals surface area contributed by atoms with E-state index in [-0.39, 0.29) is 11.9 Å². The number of hydrogen-bond acceptors (Lipinski definition) is 4. The molecule has 0 aliphatic rings. The van der Waals surface area contributed by atoms with E-state index in [4.69, 9.17) is 27.9 Å². The predicted molar refractivity (Wildman–Crippen MR) is 117 cm³/mol. The summed E-state index contributed by atoms with van der Waals surface area (Å²) in [6, 6.07) is 15.6. The second kappa shape index (κ2) is 9.74. The first-order valence-electron chi connectivity index (χ1n) is 9.25. The van der Waals surface area contributed by atoms with Gasteiger partial charge in [-0.25, -0.2) is 4.79 Å². The molecule has 1 atom stereocenters. The molecule has 0 aliphatic heterocycles. The Hall–Kier alpha value is -2.89. The Bertz CT molecular complexity index is 1070. The number of carbonyl (C=O) groups is 2. The number of benzene rings is 2. The monoisotopic (exact) mass is 442 g/mol. The second-order valence-corrected chi connectivity index (χ2v) is 7.64. The molecule has 5 nitrogen and oxygen atoms in total. The highest BCUT2D eigenvalue weighted by atomic mass is 35.5. The average Bonchev–Trinajstić information content (AvgIpc) is 2.74. The summed E-state index contributed by atoms with van der Waals surface area (Å²) in [6.07, 6.45) is 1.97. The molecule has 1 heterocycles. The summed E-state index contributed by atoms with van der Waals surface area (Å²) in [6.45, 7) is 1.86. The molecule has 0 bridgehead atoms. The summed E-state index contributed by atoms with van der Waals surface area (Å²) < 4.78 is 4.70. The fourth-order valence-corrected chi connectivity index (χ4v) is 3.40. The van der Waals surface area contributed by atoms with E-state index in [1.54, 1.807) is 36.4 Å². The minimum absolute atomic E-state index is 0.286. The molecule has 3 aromatic rings. The van der Waals surface area contributed by atoms with Gasteiger partial charge < -0.3 is 10.1 Å². The van der Waals surface area contributed by atoms with Gasteiger partial charge in [0.05, 0.1) is 35.0 Å². The van der Waals surface area contributed by atoms with Crippen LogP contribution in [0.2, 0.25) is 10.0 Å². The smallest absolute Gasteiger partial charge is 0.337 e. The van der Waals surface area contributed by atoms with Crippen LogP contribution >= 0.6 is 23.2 Å². The molecule has 0 unspecified atom stereocenters. The van der Waals surface area contributed by atoms with Gasteiger partial charge in [-0.1, -0.05) is 47.5 Å². The van der Waals surface area contributed by atoms with Crippen molar-refractivity contribution < 1.29 is 14.3 Å². The van der Waals surface area contributed by atoms with Gasteiger partial charge >= 0.3 is 5.97 Å². The Labute approximate surface area is 185 Å². The number of nitrogens with one attached hydrogen (secondary N) is 1. The van der Waals surface area contributed by atoms with Crippen molar-refractivity contribution in [3.8, 4) is 0 Å². The number of aromatic nitrogens is 1. The fourth-order valence-electron chi connectivity index (χ4n) is 3.03. The zero-order chi connectivity index (χ0) is 21.7. The van der Waals surface area contributed by atoms with Gasteiger partial charge in [-0.05, 0) is 48.4 Å². The minimum Gasteiger partial charge on any atom is -0.465 e. The molecule has 0 fully saturated rings. The Balaban J connectivity index is 1.79. The molecular formula is C23H20Cl2N2O3. The van der Waals surface area contributed by atoms with Crippen molar-refractivity contribution in [1.29, 1.82) is 0 Å². The maximum atomic E-state index is 13.0. The van der Waals surface area contributed by atoms with Gasteiger partial charge in [0.1, 0.15) is 0 Å². The number of ether oxygens (including phenoxy) is 1. The molecule has 0 saturated carbocycles. The number of carbonyl (C=O) groups excluding carboxylic acids is 2. The van der Waals surface area contributed by atoms with Crippen molar-refractivity contribution in [2.24, 2.45) is 0 Å². The van der Waals surface area contributed by atoms with Crippen LogP contribution in [-0.4, -0.2) is 24.0 Å². The van der Waals surface area contributed by atoms with Crippen molar-refractivity contribution >= 4 is 35.1 Å². The maximum Gasteiger partial charge on any atom is 0.337 e. The normalized spacial score (nSPS) is 11.6. The van der Waals surface area contributed by atoms with Crippen LogP contribution in [0.15, 0.2) is 60.8 Å². The number of hydrogen-bond donors (Lipinski definition) is 1.